The zero-order valence-corrected chi connectivity index (χ0v) is 13.1. The van der Waals surface area contributed by atoms with Gasteiger partial charge in [-0.15, -0.1) is 11.3 Å². The van der Waals surface area contributed by atoms with Crippen LogP contribution in [-0.2, 0) is 22.5 Å². The van der Waals surface area contributed by atoms with Gasteiger partial charge in [-0.3, -0.25) is 4.79 Å². The molecular weight excluding hydrogens is 288 g/mol. The van der Waals surface area contributed by atoms with Crippen molar-refractivity contribution in [1.82, 2.24) is 5.32 Å². The zero-order chi connectivity index (χ0) is 15.0. The van der Waals surface area contributed by atoms with Crippen LogP contribution < -0.4 is 10.6 Å². The second kappa shape index (κ2) is 5.77. The molecule has 2 N–H and O–H groups in total. The van der Waals surface area contributed by atoms with Crippen molar-refractivity contribution in [2.75, 3.05) is 19.0 Å². The summed E-state index contributed by atoms with van der Waals surface area (Å²) in [6, 6.07) is 0. The predicted molar refractivity (Wildman–Crippen MR) is 81.6 cm³/mol. The van der Waals surface area contributed by atoms with Gasteiger partial charge in [-0.1, -0.05) is 6.92 Å². The lowest BCUT2D eigenvalue weighted by molar-refractivity contribution is -0.119. The van der Waals surface area contributed by atoms with Crippen LogP contribution in [0.1, 0.15) is 40.6 Å². The Morgan fingerprint density at radius 3 is 2.86 bits per heavy atom. The van der Waals surface area contributed by atoms with Gasteiger partial charge in [0.15, 0.2) is 0 Å². The minimum atomic E-state index is -0.358. The van der Waals surface area contributed by atoms with Crippen LogP contribution in [0.15, 0.2) is 0 Å². The first-order valence-electron chi connectivity index (χ1n) is 7.36. The number of hydrogen-bond donors (Lipinski definition) is 2. The summed E-state index contributed by atoms with van der Waals surface area (Å²) in [4.78, 5) is 25.5. The van der Waals surface area contributed by atoms with Gasteiger partial charge in [0.1, 0.15) is 5.00 Å². The topological polar surface area (TPSA) is 67.4 Å². The van der Waals surface area contributed by atoms with E-state index in [-0.39, 0.29) is 17.8 Å². The van der Waals surface area contributed by atoms with Gasteiger partial charge < -0.3 is 15.4 Å². The number of carbonyl (C=O) groups excluding carboxylic acids is 2. The highest BCUT2D eigenvalue weighted by molar-refractivity contribution is 7.17. The molecule has 0 saturated heterocycles. The molecule has 0 bridgehead atoms. The van der Waals surface area contributed by atoms with Crippen molar-refractivity contribution in [1.29, 1.82) is 0 Å². The predicted octanol–water partition coefficient (Wildman–Crippen LogP) is 2.17. The average Bonchev–Trinajstić information content (AvgIpc) is 3.27. The third-order valence-electron chi connectivity index (χ3n) is 4.30. The quantitative estimate of drug-likeness (QED) is 0.837. The number of nitrogens with one attached hydrogen (secondary N) is 2. The molecule has 5 nitrogen and oxygen atoms in total. The Kier molecular flexibility index (Phi) is 3.99. The molecule has 6 heteroatoms. The maximum atomic E-state index is 12.3. The molecule has 0 spiro atoms. The summed E-state index contributed by atoms with van der Waals surface area (Å²) in [6.45, 7) is 3.55. The fraction of sp³-hybridized carbons (Fsp3) is 0.600. The Morgan fingerprint density at radius 2 is 2.19 bits per heavy atom. The highest BCUT2D eigenvalue weighted by atomic mass is 32.1. The first-order valence-corrected chi connectivity index (χ1v) is 8.18. The monoisotopic (exact) mass is 308 g/mol. The Balaban J connectivity index is 1.87. The van der Waals surface area contributed by atoms with Gasteiger partial charge in [0, 0.05) is 17.3 Å². The first kappa shape index (κ1) is 14.5. The normalized spacial score (nSPS) is 18.8. The van der Waals surface area contributed by atoms with Crippen LogP contribution in [-0.4, -0.2) is 25.5 Å². The van der Waals surface area contributed by atoms with Crippen molar-refractivity contribution in [2.24, 2.45) is 11.8 Å². The Morgan fingerprint density at radius 1 is 1.43 bits per heavy atom. The van der Waals surface area contributed by atoms with Crippen molar-refractivity contribution < 1.29 is 14.3 Å². The molecule has 2 heterocycles. The van der Waals surface area contributed by atoms with Crippen molar-refractivity contribution in [3.8, 4) is 0 Å². The molecule has 1 aromatic rings. The van der Waals surface area contributed by atoms with E-state index in [4.69, 9.17) is 4.74 Å². The molecule has 3 rings (SSSR count). The van der Waals surface area contributed by atoms with Gasteiger partial charge in [0.25, 0.3) is 0 Å². The first-order chi connectivity index (χ1) is 10.1. The Hall–Kier alpha value is -1.40. The lowest BCUT2D eigenvalue weighted by Gasteiger charge is -2.13. The summed E-state index contributed by atoms with van der Waals surface area (Å²) in [6.07, 6.45) is 3.05. The zero-order valence-electron chi connectivity index (χ0n) is 12.3. The molecule has 0 aromatic carbocycles. The van der Waals surface area contributed by atoms with E-state index in [2.05, 4.69) is 10.6 Å². The van der Waals surface area contributed by atoms with E-state index in [0.29, 0.717) is 16.5 Å². The third-order valence-corrected chi connectivity index (χ3v) is 5.44. The molecule has 1 atom stereocenters. The van der Waals surface area contributed by atoms with Crippen LogP contribution in [0, 0.1) is 11.8 Å². The molecule has 1 aromatic heterocycles. The maximum Gasteiger partial charge on any atom is 0.341 e. The fourth-order valence-corrected chi connectivity index (χ4v) is 3.98. The van der Waals surface area contributed by atoms with Crippen molar-refractivity contribution in [3.05, 3.63) is 16.0 Å². The van der Waals surface area contributed by atoms with Crippen LogP contribution in [0.3, 0.4) is 0 Å². The summed E-state index contributed by atoms with van der Waals surface area (Å²) in [5.74, 6) is 0.161. The number of amides is 1. The molecule has 1 aliphatic carbocycles. The molecule has 1 amide bonds. The molecule has 114 valence electrons. The van der Waals surface area contributed by atoms with E-state index in [1.54, 1.807) is 0 Å². The van der Waals surface area contributed by atoms with Gasteiger partial charge in [-0.25, -0.2) is 4.79 Å². The molecule has 21 heavy (non-hydrogen) atoms. The smallest absolute Gasteiger partial charge is 0.341 e. The number of hydrogen-bond acceptors (Lipinski definition) is 5. The van der Waals surface area contributed by atoms with E-state index in [1.165, 1.54) is 18.4 Å². The van der Waals surface area contributed by atoms with Gasteiger partial charge in [-0.05, 0) is 37.3 Å². The van der Waals surface area contributed by atoms with E-state index >= 15 is 0 Å². The number of thiophene rings is 1. The highest BCUT2D eigenvalue weighted by Crippen LogP contribution is 2.39. The van der Waals surface area contributed by atoms with Crippen molar-refractivity contribution >= 4 is 28.2 Å². The second-order valence-corrected chi connectivity index (χ2v) is 6.85. The van der Waals surface area contributed by atoms with E-state index in [1.807, 2.05) is 6.92 Å². The lowest BCUT2D eigenvalue weighted by Crippen LogP contribution is -2.24. The summed E-state index contributed by atoms with van der Waals surface area (Å²) in [5, 5.41) is 6.89. The van der Waals surface area contributed by atoms with Gasteiger partial charge in [0.05, 0.1) is 12.7 Å². The Labute approximate surface area is 128 Å². The number of ether oxygens (including phenoxy) is 1. The van der Waals surface area contributed by atoms with Crippen molar-refractivity contribution in [3.63, 3.8) is 0 Å². The highest BCUT2D eigenvalue weighted by Gasteiger charge is 2.34. The van der Waals surface area contributed by atoms with Crippen LogP contribution in [0.4, 0.5) is 5.00 Å². The Bertz CT molecular complexity index is 578. The summed E-state index contributed by atoms with van der Waals surface area (Å²) >= 11 is 1.49. The van der Waals surface area contributed by atoms with Gasteiger partial charge >= 0.3 is 5.97 Å². The number of fused-ring (bicyclic) bond motifs is 1. The number of methoxy groups -OCH3 is 1. The second-order valence-electron chi connectivity index (χ2n) is 5.74. The third kappa shape index (κ3) is 2.82. The van der Waals surface area contributed by atoms with Crippen LogP contribution in [0.25, 0.3) is 0 Å². The summed E-state index contributed by atoms with van der Waals surface area (Å²) < 4.78 is 4.90. The number of esters is 1. The van der Waals surface area contributed by atoms with E-state index in [9.17, 15) is 9.59 Å². The molecule has 1 unspecified atom stereocenters. The molecule has 1 aliphatic heterocycles. The molecule has 2 aliphatic rings. The van der Waals surface area contributed by atoms with Crippen molar-refractivity contribution in [2.45, 2.75) is 32.7 Å². The minimum Gasteiger partial charge on any atom is -0.465 e. The van der Waals surface area contributed by atoms with Crippen LogP contribution >= 0.6 is 11.3 Å². The molecular formula is C15H20N2O3S. The molecule has 1 saturated carbocycles. The molecule has 0 radical (unpaired) electrons. The fourth-order valence-electron chi connectivity index (χ4n) is 2.78. The molecule has 1 fully saturated rings. The van der Waals surface area contributed by atoms with Crippen LogP contribution in [0.5, 0.6) is 0 Å². The van der Waals surface area contributed by atoms with E-state index < -0.39 is 0 Å². The summed E-state index contributed by atoms with van der Waals surface area (Å²) in [7, 11) is 1.38. The lowest BCUT2D eigenvalue weighted by atomic mass is 10.0. The average molecular weight is 308 g/mol. The van der Waals surface area contributed by atoms with Gasteiger partial charge in [-0.2, -0.15) is 0 Å². The number of carbonyl (C=O) groups is 2. The summed E-state index contributed by atoms with van der Waals surface area (Å²) in [5.41, 5.74) is 1.58. The van der Waals surface area contributed by atoms with Gasteiger partial charge in [0.2, 0.25) is 5.91 Å². The number of rotatable bonds is 4. The number of anilines is 1. The van der Waals surface area contributed by atoms with Crippen LogP contribution in [0.2, 0.25) is 0 Å². The van der Waals surface area contributed by atoms with E-state index in [0.717, 1.165) is 42.8 Å². The standard InChI is InChI=1S/C15H20N2O3S/c1-8(9-3-4-9)13(18)17-14-12(15(19)20-2)10-5-6-16-7-11(10)21-14/h8-9,16H,3-7H2,1-2H3,(H,17,18). The SMILES string of the molecule is COC(=O)c1c(NC(=O)C(C)C2CC2)sc2c1CCNC2. The minimum absolute atomic E-state index is 0.00718. The largest absolute Gasteiger partial charge is 0.465 e. The maximum absolute atomic E-state index is 12.3.